The number of rotatable bonds is 4. The summed E-state index contributed by atoms with van der Waals surface area (Å²) in [6.45, 7) is 0. The highest BCUT2D eigenvalue weighted by Crippen LogP contribution is 2.24. The number of nitrogens with zero attached hydrogens (tertiary/aromatic N) is 2. The molecule has 2 aromatic heterocycles. The summed E-state index contributed by atoms with van der Waals surface area (Å²) in [4.78, 5) is 24.4. The number of carbonyl (C=O) groups is 1. The van der Waals surface area contributed by atoms with Gasteiger partial charge in [0.15, 0.2) is 0 Å². The second-order valence-electron chi connectivity index (χ2n) is 5.71. The van der Waals surface area contributed by atoms with Crippen LogP contribution in [0.4, 0.5) is 5.69 Å². The molecule has 0 fully saturated rings. The van der Waals surface area contributed by atoms with Crippen LogP contribution in [0.1, 0.15) is 10.4 Å². The zero-order valence-electron chi connectivity index (χ0n) is 14.1. The third kappa shape index (κ3) is 3.00. The molecule has 128 valence electrons. The van der Waals surface area contributed by atoms with E-state index in [-0.39, 0.29) is 5.91 Å². The van der Waals surface area contributed by atoms with Gasteiger partial charge in [0.2, 0.25) is 0 Å². The van der Waals surface area contributed by atoms with Gasteiger partial charge in [-0.2, -0.15) is 0 Å². The van der Waals surface area contributed by atoms with Crippen LogP contribution in [0, 0.1) is 0 Å². The molecule has 0 spiro atoms. The van der Waals surface area contributed by atoms with Crippen LogP contribution < -0.4 is 10.1 Å². The molecule has 6 heteroatoms. The lowest BCUT2D eigenvalue weighted by Crippen LogP contribution is -2.13. The molecule has 0 saturated heterocycles. The van der Waals surface area contributed by atoms with Gasteiger partial charge in [-0.3, -0.25) is 9.78 Å². The molecule has 0 bridgehead atoms. The SMILES string of the molecule is COc1ccccc1C(=O)Nc1ccc2nc(-c3ccncc3)[nH]c2c1. The third-order valence-corrected chi connectivity index (χ3v) is 4.05. The van der Waals surface area contributed by atoms with Gasteiger partial charge >= 0.3 is 0 Å². The molecule has 4 aromatic rings. The number of carbonyl (C=O) groups excluding carboxylic acids is 1. The summed E-state index contributed by atoms with van der Waals surface area (Å²) in [6, 6.07) is 16.5. The first-order valence-corrected chi connectivity index (χ1v) is 8.09. The van der Waals surface area contributed by atoms with Gasteiger partial charge in [0.1, 0.15) is 11.6 Å². The second kappa shape index (κ2) is 6.68. The molecule has 0 radical (unpaired) electrons. The van der Waals surface area contributed by atoms with E-state index in [1.54, 1.807) is 37.7 Å². The number of benzene rings is 2. The van der Waals surface area contributed by atoms with E-state index in [0.717, 1.165) is 22.4 Å². The van der Waals surface area contributed by atoms with Crippen LogP contribution in [-0.2, 0) is 0 Å². The van der Waals surface area contributed by atoms with Crippen LogP contribution in [0.3, 0.4) is 0 Å². The summed E-state index contributed by atoms with van der Waals surface area (Å²) in [6.07, 6.45) is 3.45. The monoisotopic (exact) mass is 344 g/mol. The van der Waals surface area contributed by atoms with Crippen molar-refractivity contribution in [1.82, 2.24) is 15.0 Å². The number of anilines is 1. The van der Waals surface area contributed by atoms with Crippen LogP contribution in [0.25, 0.3) is 22.4 Å². The van der Waals surface area contributed by atoms with Crippen LogP contribution in [0.2, 0.25) is 0 Å². The topological polar surface area (TPSA) is 79.9 Å². The van der Waals surface area contributed by atoms with Crippen molar-refractivity contribution >= 4 is 22.6 Å². The molecule has 0 aliphatic heterocycles. The number of H-pyrrole nitrogens is 1. The number of para-hydroxylation sites is 1. The van der Waals surface area contributed by atoms with Crippen molar-refractivity contribution in [3.8, 4) is 17.1 Å². The number of amides is 1. The van der Waals surface area contributed by atoms with Crippen molar-refractivity contribution in [3.63, 3.8) is 0 Å². The van der Waals surface area contributed by atoms with Crippen molar-refractivity contribution in [2.75, 3.05) is 12.4 Å². The van der Waals surface area contributed by atoms with Gasteiger partial charge in [-0.15, -0.1) is 0 Å². The minimum Gasteiger partial charge on any atom is -0.496 e. The Kier molecular flexibility index (Phi) is 4.07. The van der Waals surface area contributed by atoms with Gasteiger partial charge in [-0.1, -0.05) is 12.1 Å². The number of hydrogen-bond donors (Lipinski definition) is 2. The summed E-state index contributed by atoms with van der Waals surface area (Å²) in [5.41, 5.74) is 3.79. The molecule has 0 aliphatic carbocycles. The number of aromatic nitrogens is 3. The molecule has 0 saturated carbocycles. The number of nitrogens with one attached hydrogen (secondary N) is 2. The number of fused-ring (bicyclic) bond motifs is 1. The predicted molar refractivity (Wildman–Crippen MR) is 100 cm³/mol. The lowest BCUT2D eigenvalue weighted by atomic mass is 10.2. The molecular weight excluding hydrogens is 328 g/mol. The Bertz CT molecular complexity index is 1070. The summed E-state index contributed by atoms with van der Waals surface area (Å²) in [7, 11) is 1.55. The number of hydrogen-bond acceptors (Lipinski definition) is 4. The highest BCUT2D eigenvalue weighted by Gasteiger charge is 2.12. The van der Waals surface area contributed by atoms with Crippen molar-refractivity contribution in [3.05, 3.63) is 72.6 Å². The normalized spacial score (nSPS) is 10.7. The smallest absolute Gasteiger partial charge is 0.259 e. The number of pyridine rings is 1. The molecule has 2 heterocycles. The minimum absolute atomic E-state index is 0.226. The van der Waals surface area contributed by atoms with Crippen LogP contribution in [0.15, 0.2) is 67.0 Å². The Morgan fingerprint density at radius 3 is 2.69 bits per heavy atom. The van der Waals surface area contributed by atoms with Gasteiger partial charge in [-0.25, -0.2) is 4.98 Å². The summed E-state index contributed by atoms with van der Waals surface area (Å²) < 4.78 is 5.24. The van der Waals surface area contributed by atoms with E-state index in [1.165, 1.54) is 0 Å². The second-order valence-corrected chi connectivity index (χ2v) is 5.71. The summed E-state index contributed by atoms with van der Waals surface area (Å²) >= 11 is 0. The third-order valence-electron chi connectivity index (χ3n) is 4.05. The van der Waals surface area contributed by atoms with Crippen LogP contribution in [0.5, 0.6) is 5.75 Å². The van der Waals surface area contributed by atoms with E-state index in [9.17, 15) is 4.79 Å². The first-order chi connectivity index (χ1) is 12.7. The Balaban J connectivity index is 1.62. The Morgan fingerprint density at radius 2 is 1.88 bits per heavy atom. The maximum Gasteiger partial charge on any atom is 0.259 e. The molecule has 4 rings (SSSR count). The van der Waals surface area contributed by atoms with Crippen molar-refractivity contribution in [2.24, 2.45) is 0 Å². The van der Waals surface area contributed by atoms with Gasteiger partial charge in [0, 0.05) is 23.6 Å². The Morgan fingerprint density at radius 1 is 1.08 bits per heavy atom. The van der Waals surface area contributed by atoms with E-state index < -0.39 is 0 Å². The standard InChI is InChI=1S/C20H16N4O2/c1-26-18-5-3-2-4-15(18)20(25)22-14-6-7-16-17(12-14)24-19(23-16)13-8-10-21-11-9-13/h2-12H,1H3,(H,22,25)(H,23,24). The zero-order valence-corrected chi connectivity index (χ0v) is 14.1. The van der Waals surface area contributed by atoms with E-state index in [1.807, 2.05) is 36.4 Å². The first kappa shape index (κ1) is 15.8. The average molecular weight is 344 g/mol. The first-order valence-electron chi connectivity index (χ1n) is 8.09. The average Bonchev–Trinajstić information content (AvgIpc) is 3.12. The molecule has 6 nitrogen and oxygen atoms in total. The minimum atomic E-state index is -0.226. The number of methoxy groups -OCH3 is 1. The predicted octanol–water partition coefficient (Wildman–Crippen LogP) is 3.89. The molecule has 1 amide bonds. The van der Waals surface area contributed by atoms with Crippen molar-refractivity contribution < 1.29 is 9.53 Å². The number of imidazole rings is 1. The molecule has 0 atom stereocenters. The summed E-state index contributed by atoms with van der Waals surface area (Å²) in [5, 5.41) is 2.90. The van der Waals surface area contributed by atoms with Gasteiger partial charge in [0.05, 0.1) is 23.7 Å². The highest BCUT2D eigenvalue weighted by molar-refractivity contribution is 6.06. The quantitative estimate of drug-likeness (QED) is 0.589. The van der Waals surface area contributed by atoms with Gasteiger partial charge in [0.25, 0.3) is 5.91 Å². The van der Waals surface area contributed by atoms with E-state index >= 15 is 0 Å². The van der Waals surface area contributed by atoms with Crippen molar-refractivity contribution in [2.45, 2.75) is 0 Å². The molecular formula is C20H16N4O2. The molecule has 26 heavy (non-hydrogen) atoms. The van der Waals surface area contributed by atoms with Crippen LogP contribution in [-0.4, -0.2) is 28.0 Å². The lowest BCUT2D eigenvalue weighted by molar-refractivity contribution is 0.102. The summed E-state index contributed by atoms with van der Waals surface area (Å²) in [5.74, 6) is 1.07. The molecule has 0 unspecified atom stereocenters. The lowest BCUT2D eigenvalue weighted by Gasteiger charge is -2.09. The zero-order chi connectivity index (χ0) is 17.9. The molecule has 2 N–H and O–H groups in total. The molecule has 2 aromatic carbocycles. The fourth-order valence-corrected chi connectivity index (χ4v) is 2.76. The van der Waals surface area contributed by atoms with E-state index in [0.29, 0.717) is 17.0 Å². The maximum absolute atomic E-state index is 12.5. The fraction of sp³-hybridized carbons (Fsp3) is 0.0500. The number of aromatic amines is 1. The Labute approximate surface area is 149 Å². The van der Waals surface area contributed by atoms with Crippen LogP contribution >= 0.6 is 0 Å². The van der Waals surface area contributed by atoms with E-state index in [2.05, 4.69) is 20.3 Å². The highest BCUT2D eigenvalue weighted by atomic mass is 16.5. The van der Waals surface area contributed by atoms with Gasteiger partial charge in [-0.05, 0) is 42.5 Å². The van der Waals surface area contributed by atoms with E-state index in [4.69, 9.17) is 4.74 Å². The van der Waals surface area contributed by atoms with Gasteiger partial charge < -0.3 is 15.0 Å². The Hall–Kier alpha value is -3.67. The number of ether oxygens (including phenoxy) is 1. The fourth-order valence-electron chi connectivity index (χ4n) is 2.76. The largest absolute Gasteiger partial charge is 0.496 e. The maximum atomic E-state index is 12.5. The van der Waals surface area contributed by atoms with Crippen molar-refractivity contribution in [1.29, 1.82) is 0 Å². The molecule has 0 aliphatic rings.